The van der Waals surface area contributed by atoms with Crippen LogP contribution in [0.1, 0.15) is 70.8 Å². The van der Waals surface area contributed by atoms with Crippen molar-refractivity contribution in [3.8, 4) is 0 Å². The number of unbranched alkanes of at least 4 members (excludes halogenated alkanes) is 5. The zero-order valence-electron chi connectivity index (χ0n) is 20.2. The summed E-state index contributed by atoms with van der Waals surface area (Å²) in [5.74, 6) is -0.0402. The molecule has 0 bridgehead atoms. The average molecular weight is 461 g/mol. The number of hydrogen-bond acceptors (Lipinski definition) is 4. The molecule has 0 unspecified atom stereocenters. The van der Waals surface area contributed by atoms with E-state index in [1.54, 1.807) is 16.7 Å². The minimum absolute atomic E-state index is 0.0243. The number of carbonyl (C=O) groups excluding carboxylic acids is 2. The summed E-state index contributed by atoms with van der Waals surface area (Å²) in [6.45, 7) is 5.38. The highest BCUT2D eigenvalue weighted by atomic mass is 16.4. The Morgan fingerprint density at radius 2 is 1.64 bits per heavy atom. The van der Waals surface area contributed by atoms with Gasteiger partial charge < -0.3 is 20.6 Å². The molecular formula is C25H40N4O4. The number of nitrogens with two attached hydrogens (primary N) is 1. The van der Waals surface area contributed by atoms with Gasteiger partial charge in [-0.1, -0.05) is 51.2 Å². The van der Waals surface area contributed by atoms with Gasteiger partial charge in [0.15, 0.2) is 0 Å². The van der Waals surface area contributed by atoms with Crippen molar-refractivity contribution in [3.05, 3.63) is 29.8 Å². The van der Waals surface area contributed by atoms with Crippen molar-refractivity contribution in [1.82, 2.24) is 9.80 Å². The summed E-state index contributed by atoms with van der Waals surface area (Å²) in [5.41, 5.74) is 7.58. The fraction of sp³-hybridized carbons (Fsp3) is 0.640. The van der Waals surface area contributed by atoms with E-state index >= 15 is 0 Å². The Morgan fingerprint density at radius 3 is 2.18 bits per heavy atom. The van der Waals surface area contributed by atoms with Crippen LogP contribution in [-0.4, -0.2) is 65.2 Å². The molecule has 0 radical (unpaired) electrons. The van der Waals surface area contributed by atoms with Crippen LogP contribution in [0.25, 0.3) is 0 Å². The van der Waals surface area contributed by atoms with E-state index in [4.69, 9.17) is 5.73 Å². The summed E-state index contributed by atoms with van der Waals surface area (Å²) in [6.07, 6.45) is 7.00. The summed E-state index contributed by atoms with van der Waals surface area (Å²) in [4.78, 5) is 41.3. The number of anilines is 1. The third-order valence-corrected chi connectivity index (χ3v) is 6.28. The van der Waals surface area contributed by atoms with Gasteiger partial charge in [0.25, 0.3) is 0 Å². The van der Waals surface area contributed by atoms with E-state index < -0.39 is 12.1 Å². The van der Waals surface area contributed by atoms with Crippen molar-refractivity contribution in [1.29, 1.82) is 0 Å². The van der Waals surface area contributed by atoms with Crippen LogP contribution in [-0.2, 0) is 11.2 Å². The van der Waals surface area contributed by atoms with Crippen molar-refractivity contribution in [2.75, 3.05) is 31.1 Å². The zero-order chi connectivity index (χ0) is 24.2. The molecule has 184 valence electrons. The van der Waals surface area contributed by atoms with Crippen LogP contribution in [0, 0.1) is 0 Å². The summed E-state index contributed by atoms with van der Waals surface area (Å²) in [7, 11) is 0. The molecule has 1 saturated heterocycles. The topological polar surface area (TPSA) is 107 Å². The second-order valence-electron chi connectivity index (χ2n) is 8.80. The molecule has 4 amide bonds. The fourth-order valence-corrected chi connectivity index (χ4v) is 4.45. The molecule has 0 aromatic heterocycles. The predicted octanol–water partition coefficient (Wildman–Crippen LogP) is 4.47. The number of benzene rings is 1. The number of likely N-dealkylation sites (tertiary alicyclic amines) is 1. The van der Waals surface area contributed by atoms with Gasteiger partial charge in [0, 0.05) is 38.3 Å². The Morgan fingerprint density at radius 1 is 1.03 bits per heavy atom. The normalized spacial score (nSPS) is 14.2. The number of imide groups is 1. The van der Waals surface area contributed by atoms with Gasteiger partial charge >= 0.3 is 12.1 Å². The summed E-state index contributed by atoms with van der Waals surface area (Å²) >= 11 is 0. The number of rotatable bonds is 11. The minimum atomic E-state index is -1.20. The maximum absolute atomic E-state index is 12.9. The first-order valence-corrected chi connectivity index (χ1v) is 12.3. The van der Waals surface area contributed by atoms with E-state index in [2.05, 4.69) is 6.92 Å². The summed E-state index contributed by atoms with van der Waals surface area (Å²) in [5, 5.41) is 9.56. The number of piperidine rings is 1. The minimum Gasteiger partial charge on any atom is -0.465 e. The summed E-state index contributed by atoms with van der Waals surface area (Å²) in [6, 6.07) is 7.39. The fourth-order valence-electron chi connectivity index (χ4n) is 4.45. The molecule has 0 saturated carbocycles. The molecule has 33 heavy (non-hydrogen) atoms. The maximum Gasteiger partial charge on any atom is 0.415 e. The Labute approximate surface area is 197 Å². The van der Waals surface area contributed by atoms with Crippen LogP contribution in [0.15, 0.2) is 24.3 Å². The van der Waals surface area contributed by atoms with Gasteiger partial charge in [-0.05, 0) is 49.9 Å². The highest BCUT2D eigenvalue weighted by molar-refractivity contribution is 5.92. The van der Waals surface area contributed by atoms with Gasteiger partial charge in [0.1, 0.15) is 0 Å². The monoisotopic (exact) mass is 460 g/mol. The lowest BCUT2D eigenvalue weighted by Gasteiger charge is -2.39. The van der Waals surface area contributed by atoms with Crippen molar-refractivity contribution in [2.45, 2.75) is 77.7 Å². The molecule has 8 heteroatoms. The molecule has 1 heterocycles. The first-order chi connectivity index (χ1) is 15.9. The van der Waals surface area contributed by atoms with Crippen LogP contribution in [0.4, 0.5) is 15.3 Å². The third kappa shape index (κ3) is 8.03. The van der Waals surface area contributed by atoms with E-state index in [0.29, 0.717) is 38.9 Å². The molecule has 0 atom stereocenters. The number of nitrogens with zero attached hydrogens (tertiary/aromatic N) is 3. The third-order valence-electron chi connectivity index (χ3n) is 6.28. The molecule has 1 aromatic carbocycles. The Kier molecular flexibility index (Phi) is 11.2. The molecule has 8 nitrogen and oxygen atoms in total. The van der Waals surface area contributed by atoms with Gasteiger partial charge in [-0.2, -0.15) is 0 Å². The predicted molar refractivity (Wildman–Crippen MR) is 130 cm³/mol. The number of carboxylic acid groups (broad SMARTS) is 1. The van der Waals surface area contributed by atoms with Gasteiger partial charge in [0.2, 0.25) is 5.91 Å². The second-order valence-corrected chi connectivity index (χ2v) is 8.80. The van der Waals surface area contributed by atoms with E-state index in [1.807, 2.05) is 24.3 Å². The van der Waals surface area contributed by atoms with Crippen LogP contribution in [0.3, 0.4) is 0 Å². The highest BCUT2D eigenvalue weighted by Crippen LogP contribution is 2.25. The molecule has 3 N–H and O–H groups in total. The Balaban J connectivity index is 1.92. The summed E-state index contributed by atoms with van der Waals surface area (Å²) < 4.78 is 0. The lowest BCUT2D eigenvalue weighted by atomic mass is 10.0. The standard InChI is InChI=1S/C25H40N4O4/c1-3-4-5-6-7-8-17-28(25(32)33)24(31)27-18-14-23(15-19-27)29(20(2)30)22-11-9-21(10-12-22)13-16-26/h9-12,23H,3-8,13-19,26H2,1-2H3,(H,32,33). The maximum atomic E-state index is 12.9. The molecule has 1 aliphatic heterocycles. The number of urea groups is 1. The molecule has 2 rings (SSSR count). The van der Waals surface area contributed by atoms with Crippen molar-refractivity contribution < 1.29 is 19.5 Å². The Hall–Kier alpha value is -2.61. The quantitative estimate of drug-likeness (QED) is 0.474. The van der Waals surface area contributed by atoms with Crippen molar-refractivity contribution in [3.63, 3.8) is 0 Å². The van der Waals surface area contributed by atoms with E-state index in [9.17, 15) is 19.5 Å². The first-order valence-electron chi connectivity index (χ1n) is 12.3. The molecule has 0 spiro atoms. The first kappa shape index (κ1) is 26.6. The lowest BCUT2D eigenvalue weighted by Crippen LogP contribution is -2.52. The van der Waals surface area contributed by atoms with Gasteiger partial charge in [0.05, 0.1) is 0 Å². The van der Waals surface area contributed by atoms with Crippen molar-refractivity contribution >= 4 is 23.7 Å². The van der Waals surface area contributed by atoms with Crippen LogP contribution < -0.4 is 10.6 Å². The van der Waals surface area contributed by atoms with Gasteiger partial charge in [-0.15, -0.1) is 0 Å². The van der Waals surface area contributed by atoms with Crippen molar-refractivity contribution in [2.24, 2.45) is 5.73 Å². The number of carbonyl (C=O) groups is 3. The second kappa shape index (κ2) is 13.8. The molecule has 1 fully saturated rings. The average Bonchev–Trinajstić information content (AvgIpc) is 2.80. The lowest BCUT2D eigenvalue weighted by molar-refractivity contribution is -0.117. The van der Waals surface area contributed by atoms with Gasteiger partial charge in [-0.3, -0.25) is 4.79 Å². The van der Waals surface area contributed by atoms with Crippen LogP contribution in [0.5, 0.6) is 0 Å². The van der Waals surface area contributed by atoms with E-state index in [0.717, 1.165) is 48.3 Å². The van der Waals surface area contributed by atoms with Crippen LogP contribution in [0.2, 0.25) is 0 Å². The molecule has 0 aliphatic carbocycles. The molecule has 1 aromatic rings. The smallest absolute Gasteiger partial charge is 0.415 e. The SMILES string of the molecule is CCCCCCCCN(C(=O)O)C(=O)N1CCC(N(C(C)=O)c2ccc(CCN)cc2)CC1. The molecular weight excluding hydrogens is 420 g/mol. The molecule has 1 aliphatic rings. The van der Waals surface area contributed by atoms with E-state index in [1.165, 1.54) is 6.42 Å². The number of amides is 4. The Bertz CT molecular complexity index is 760. The highest BCUT2D eigenvalue weighted by Gasteiger charge is 2.32. The van der Waals surface area contributed by atoms with Gasteiger partial charge in [-0.25, -0.2) is 14.5 Å². The van der Waals surface area contributed by atoms with E-state index in [-0.39, 0.29) is 18.5 Å². The largest absolute Gasteiger partial charge is 0.465 e. The number of hydrogen-bond donors (Lipinski definition) is 2. The zero-order valence-corrected chi connectivity index (χ0v) is 20.2. The van der Waals surface area contributed by atoms with Crippen LogP contribution >= 0.6 is 0 Å².